The van der Waals surface area contributed by atoms with E-state index in [0.29, 0.717) is 12.6 Å². The van der Waals surface area contributed by atoms with Crippen molar-refractivity contribution < 1.29 is 4.74 Å². The Hall–Kier alpha value is -1.49. The van der Waals surface area contributed by atoms with Crippen molar-refractivity contribution in [3.8, 4) is 5.75 Å². The molecule has 2 aromatic rings. The number of nitrogens with two attached hydrogens (primary N) is 1. The minimum Gasteiger partial charge on any atom is -0.486 e. The van der Waals surface area contributed by atoms with Crippen LogP contribution in [0.4, 0.5) is 5.95 Å². The predicted octanol–water partition coefficient (Wildman–Crippen LogP) is 3.39. The normalized spacial score (nSPS) is 10.9. The third-order valence-electron chi connectivity index (χ3n) is 2.63. The van der Waals surface area contributed by atoms with Crippen molar-refractivity contribution in [2.45, 2.75) is 26.5 Å². The van der Waals surface area contributed by atoms with Crippen LogP contribution in [0.3, 0.4) is 0 Å². The maximum atomic E-state index is 5.83. The first kappa shape index (κ1) is 13.0. The highest BCUT2D eigenvalue weighted by Crippen LogP contribution is 2.25. The standard InChI is InChI=1S/C13H16BrN3O/c1-9(2)17-10(7-16-13(17)15)8-18-12-6-4-3-5-11(12)14/h3-7,9H,8H2,1-2H3,(H2,15,16). The second-order valence-electron chi connectivity index (χ2n) is 4.29. The van der Waals surface area contributed by atoms with Gasteiger partial charge < -0.3 is 15.0 Å². The average Bonchev–Trinajstić information content (AvgIpc) is 2.69. The van der Waals surface area contributed by atoms with Gasteiger partial charge >= 0.3 is 0 Å². The molecular formula is C13H16BrN3O. The van der Waals surface area contributed by atoms with Crippen molar-refractivity contribution in [1.82, 2.24) is 9.55 Å². The number of halogens is 1. The van der Waals surface area contributed by atoms with Crippen molar-refractivity contribution in [2.75, 3.05) is 5.73 Å². The van der Waals surface area contributed by atoms with E-state index in [9.17, 15) is 0 Å². The molecule has 2 rings (SSSR count). The minimum atomic E-state index is 0.269. The number of benzene rings is 1. The Morgan fingerprint density at radius 1 is 1.39 bits per heavy atom. The number of nitrogen functional groups attached to an aromatic ring is 1. The van der Waals surface area contributed by atoms with Gasteiger partial charge in [-0.05, 0) is 41.9 Å². The number of hydrogen-bond donors (Lipinski definition) is 1. The van der Waals surface area contributed by atoms with Gasteiger partial charge in [0.1, 0.15) is 12.4 Å². The van der Waals surface area contributed by atoms with E-state index in [-0.39, 0.29) is 6.04 Å². The molecule has 0 amide bonds. The molecule has 96 valence electrons. The molecule has 0 aliphatic heterocycles. The number of anilines is 1. The molecule has 0 fully saturated rings. The van der Waals surface area contributed by atoms with Gasteiger partial charge in [0.05, 0.1) is 16.4 Å². The van der Waals surface area contributed by atoms with Crippen LogP contribution < -0.4 is 10.5 Å². The summed E-state index contributed by atoms with van der Waals surface area (Å²) in [6.07, 6.45) is 1.76. The fourth-order valence-electron chi connectivity index (χ4n) is 1.83. The second kappa shape index (κ2) is 5.44. The molecule has 4 nitrogen and oxygen atoms in total. The Morgan fingerprint density at radius 2 is 2.11 bits per heavy atom. The van der Waals surface area contributed by atoms with Gasteiger partial charge in [-0.15, -0.1) is 0 Å². The first-order valence-corrected chi connectivity index (χ1v) is 6.57. The van der Waals surface area contributed by atoms with Crippen LogP contribution in [-0.2, 0) is 6.61 Å². The molecule has 0 atom stereocenters. The molecule has 0 spiro atoms. The van der Waals surface area contributed by atoms with Crippen LogP contribution in [0.1, 0.15) is 25.6 Å². The highest BCUT2D eigenvalue weighted by molar-refractivity contribution is 9.10. The van der Waals surface area contributed by atoms with Crippen LogP contribution in [0.25, 0.3) is 0 Å². The van der Waals surface area contributed by atoms with E-state index in [1.165, 1.54) is 0 Å². The summed E-state index contributed by atoms with van der Waals surface area (Å²) in [4.78, 5) is 4.12. The molecule has 0 aliphatic rings. The molecule has 0 saturated carbocycles. The van der Waals surface area contributed by atoms with Crippen LogP contribution in [0.5, 0.6) is 5.75 Å². The molecule has 2 N–H and O–H groups in total. The summed E-state index contributed by atoms with van der Waals surface area (Å²) in [5.74, 6) is 1.34. The van der Waals surface area contributed by atoms with Gasteiger partial charge in [0, 0.05) is 6.04 Å². The van der Waals surface area contributed by atoms with E-state index in [0.717, 1.165) is 15.9 Å². The van der Waals surface area contributed by atoms with Crippen molar-refractivity contribution in [3.05, 3.63) is 40.6 Å². The van der Waals surface area contributed by atoms with Crippen molar-refractivity contribution in [3.63, 3.8) is 0 Å². The van der Waals surface area contributed by atoms with E-state index >= 15 is 0 Å². The molecule has 0 bridgehead atoms. The molecule has 0 aliphatic carbocycles. The zero-order valence-corrected chi connectivity index (χ0v) is 12.0. The number of nitrogens with zero attached hydrogens (tertiary/aromatic N) is 2. The maximum absolute atomic E-state index is 5.83. The summed E-state index contributed by atoms with van der Waals surface area (Å²) < 4.78 is 8.67. The summed E-state index contributed by atoms with van der Waals surface area (Å²) in [7, 11) is 0. The molecule has 5 heteroatoms. The Labute approximate surface area is 115 Å². The fraction of sp³-hybridized carbons (Fsp3) is 0.308. The highest BCUT2D eigenvalue weighted by atomic mass is 79.9. The summed E-state index contributed by atoms with van der Waals surface area (Å²) >= 11 is 3.45. The number of hydrogen-bond acceptors (Lipinski definition) is 3. The number of rotatable bonds is 4. The second-order valence-corrected chi connectivity index (χ2v) is 5.14. The van der Waals surface area contributed by atoms with E-state index in [1.807, 2.05) is 28.8 Å². The average molecular weight is 310 g/mol. The SMILES string of the molecule is CC(C)n1c(COc2ccccc2Br)cnc1N. The molecular weight excluding hydrogens is 294 g/mol. The van der Waals surface area contributed by atoms with Crippen LogP contribution in [-0.4, -0.2) is 9.55 Å². The zero-order chi connectivity index (χ0) is 13.1. The quantitative estimate of drug-likeness (QED) is 0.942. The summed E-state index contributed by atoms with van der Waals surface area (Å²) in [6.45, 7) is 4.59. The van der Waals surface area contributed by atoms with Crippen LogP contribution >= 0.6 is 15.9 Å². The van der Waals surface area contributed by atoms with Crippen LogP contribution in [0, 0.1) is 0 Å². The minimum absolute atomic E-state index is 0.269. The molecule has 0 radical (unpaired) electrons. The van der Waals surface area contributed by atoms with Gasteiger partial charge in [-0.2, -0.15) is 0 Å². The largest absolute Gasteiger partial charge is 0.486 e. The van der Waals surface area contributed by atoms with Crippen LogP contribution in [0.15, 0.2) is 34.9 Å². The van der Waals surface area contributed by atoms with Crippen LogP contribution in [0.2, 0.25) is 0 Å². The Balaban J connectivity index is 2.14. The first-order valence-electron chi connectivity index (χ1n) is 5.78. The number of aromatic nitrogens is 2. The zero-order valence-electron chi connectivity index (χ0n) is 10.4. The predicted molar refractivity (Wildman–Crippen MR) is 75.5 cm³/mol. The van der Waals surface area contributed by atoms with E-state index in [2.05, 4.69) is 34.8 Å². The lowest BCUT2D eigenvalue weighted by molar-refractivity contribution is 0.291. The summed E-state index contributed by atoms with van der Waals surface area (Å²) in [5.41, 5.74) is 6.80. The number of para-hydroxylation sites is 1. The smallest absolute Gasteiger partial charge is 0.200 e. The lowest BCUT2D eigenvalue weighted by Crippen LogP contribution is -2.11. The Morgan fingerprint density at radius 3 is 2.78 bits per heavy atom. The van der Waals surface area contributed by atoms with Gasteiger partial charge in [-0.1, -0.05) is 12.1 Å². The number of imidazole rings is 1. The van der Waals surface area contributed by atoms with E-state index in [1.54, 1.807) is 6.20 Å². The first-order chi connectivity index (χ1) is 8.59. The molecule has 1 aromatic carbocycles. The third kappa shape index (κ3) is 2.67. The van der Waals surface area contributed by atoms with Gasteiger partial charge in [-0.3, -0.25) is 0 Å². The van der Waals surface area contributed by atoms with E-state index < -0.39 is 0 Å². The molecule has 1 heterocycles. The summed E-state index contributed by atoms with van der Waals surface area (Å²) in [5, 5.41) is 0. The van der Waals surface area contributed by atoms with Crippen molar-refractivity contribution in [1.29, 1.82) is 0 Å². The Kier molecular flexibility index (Phi) is 3.91. The van der Waals surface area contributed by atoms with Gasteiger partial charge in [0.15, 0.2) is 0 Å². The third-order valence-corrected chi connectivity index (χ3v) is 3.29. The van der Waals surface area contributed by atoms with Gasteiger partial charge in [-0.25, -0.2) is 4.98 Å². The monoisotopic (exact) mass is 309 g/mol. The highest BCUT2D eigenvalue weighted by Gasteiger charge is 2.11. The fourth-order valence-corrected chi connectivity index (χ4v) is 2.23. The maximum Gasteiger partial charge on any atom is 0.200 e. The lowest BCUT2D eigenvalue weighted by atomic mass is 10.3. The number of ether oxygens (including phenoxy) is 1. The summed E-state index contributed by atoms with van der Waals surface area (Å²) in [6, 6.07) is 8.03. The van der Waals surface area contributed by atoms with Gasteiger partial charge in [0.25, 0.3) is 0 Å². The molecule has 18 heavy (non-hydrogen) atoms. The van der Waals surface area contributed by atoms with Crippen molar-refractivity contribution in [2.24, 2.45) is 0 Å². The Bertz CT molecular complexity index is 537. The molecule has 1 aromatic heterocycles. The molecule has 0 unspecified atom stereocenters. The van der Waals surface area contributed by atoms with Gasteiger partial charge in [0.2, 0.25) is 5.95 Å². The van der Waals surface area contributed by atoms with E-state index in [4.69, 9.17) is 10.5 Å². The lowest BCUT2D eigenvalue weighted by Gasteiger charge is -2.14. The molecule has 0 saturated heterocycles. The topological polar surface area (TPSA) is 53.1 Å². The van der Waals surface area contributed by atoms with Crippen molar-refractivity contribution >= 4 is 21.9 Å².